The van der Waals surface area contributed by atoms with E-state index < -0.39 is 0 Å². The van der Waals surface area contributed by atoms with Gasteiger partial charge in [0.05, 0.1) is 0 Å². The first-order valence-corrected chi connectivity index (χ1v) is 4.69. The Kier molecular flexibility index (Phi) is 2.35. The number of hydrogen-bond acceptors (Lipinski definition) is 2. The third-order valence-electron chi connectivity index (χ3n) is 2.35. The van der Waals surface area contributed by atoms with E-state index in [0.29, 0.717) is 12.8 Å². The molecule has 2 nitrogen and oxygen atoms in total. The highest BCUT2D eigenvalue weighted by molar-refractivity contribution is 5.85. The highest BCUT2D eigenvalue weighted by Crippen LogP contribution is 2.28. The molecule has 72 valence electrons. The molecular formula is C12H12O2. The lowest BCUT2D eigenvalue weighted by atomic mass is 10.1. The summed E-state index contributed by atoms with van der Waals surface area (Å²) in [5.74, 6) is 0.950. The Morgan fingerprint density at radius 1 is 1.57 bits per heavy atom. The van der Waals surface area contributed by atoms with E-state index in [2.05, 4.69) is 6.58 Å². The van der Waals surface area contributed by atoms with E-state index in [0.717, 1.165) is 11.3 Å². The van der Waals surface area contributed by atoms with Crippen LogP contribution in [0.2, 0.25) is 0 Å². The second kappa shape index (κ2) is 3.66. The Morgan fingerprint density at radius 2 is 2.36 bits per heavy atom. The molecule has 0 aliphatic carbocycles. The highest BCUT2D eigenvalue weighted by atomic mass is 16.5. The number of rotatable bonds is 3. The SMILES string of the molecule is C=CCC(=O)C1Cc2ccccc2O1. The molecule has 1 aromatic carbocycles. The van der Waals surface area contributed by atoms with E-state index in [9.17, 15) is 4.79 Å². The summed E-state index contributed by atoms with van der Waals surface area (Å²) < 4.78 is 5.52. The average molecular weight is 188 g/mol. The summed E-state index contributed by atoms with van der Waals surface area (Å²) in [7, 11) is 0. The molecule has 14 heavy (non-hydrogen) atoms. The van der Waals surface area contributed by atoms with Crippen LogP contribution in [0, 0.1) is 0 Å². The van der Waals surface area contributed by atoms with Crippen molar-refractivity contribution in [2.24, 2.45) is 0 Å². The van der Waals surface area contributed by atoms with E-state index in [1.807, 2.05) is 24.3 Å². The smallest absolute Gasteiger partial charge is 0.177 e. The third kappa shape index (κ3) is 1.55. The van der Waals surface area contributed by atoms with Gasteiger partial charge in [-0.2, -0.15) is 0 Å². The second-order valence-corrected chi connectivity index (χ2v) is 3.38. The fraction of sp³-hybridized carbons (Fsp3) is 0.250. The van der Waals surface area contributed by atoms with Gasteiger partial charge >= 0.3 is 0 Å². The molecule has 1 heterocycles. The zero-order chi connectivity index (χ0) is 9.97. The lowest BCUT2D eigenvalue weighted by molar-refractivity contribution is -0.124. The normalized spacial score (nSPS) is 18.4. The molecule has 1 aliphatic heterocycles. The largest absolute Gasteiger partial charge is 0.482 e. The van der Waals surface area contributed by atoms with E-state index in [1.165, 1.54) is 0 Å². The number of Topliss-reactive ketones (excluding diaryl/α,β-unsaturated/α-hetero) is 1. The number of ether oxygens (including phenoxy) is 1. The van der Waals surface area contributed by atoms with Gasteiger partial charge in [0.1, 0.15) is 5.75 Å². The van der Waals surface area contributed by atoms with Crippen LogP contribution in [0.4, 0.5) is 0 Å². The zero-order valence-corrected chi connectivity index (χ0v) is 7.90. The third-order valence-corrected chi connectivity index (χ3v) is 2.35. The van der Waals surface area contributed by atoms with Crippen molar-refractivity contribution < 1.29 is 9.53 Å². The Labute approximate surface area is 83.2 Å². The van der Waals surface area contributed by atoms with Crippen molar-refractivity contribution in [1.29, 1.82) is 0 Å². The van der Waals surface area contributed by atoms with Crippen LogP contribution in [0.5, 0.6) is 5.75 Å². The van der Waals surface area contributed by atoms with Crippen LogP contribution in [-0.4, -0.2) is 11.9 Å². The van der Waals surface area contributed by atoms with Crippen LogP contribution in [0.1, 0.15) is 12.0 Å². The molecule has 0 aromatic heterocycles. The molecule has 0 N–H and O–H groups in total. The standard InChI is InChI=1S/C12H12O2/c1-2-5-10(13)12-8-9-6-3-4-7-11(9)14-12/h2-4,6-7,12H,1,5,8H2. The maximum absolute atomic E-state index is 11.5. The first-order valence-electron chi connectivity index (χ1n) is 4.69. The van der Waals surface area contributed by atoms with Gasteiger partial charge in [0.2, 0.25) is 0 Å². The zero-order valence-electron chi connectivity index (χ0n) is 7.90. The summed E-state index contributed by atoms with van der Waals surface area (Å²) in [6.07, 6.45) is 2.40. The number of ketones is 1. The second-order valence-electron chi connectivity index (χ2n) is 3.38. The quantitative estimate of drug-likeness (QED) is 0.679. The van der Waals surface area contributed by atoms with Crippen molar-refractivity contribution in [3.8, 4) is 5.75 Å². The first kappa shape index (κ1) is 9.00. The van der Waals surface area contributed by atoms with Gasteiger partial charge in [-0.3, -0.25) is 4.79 Å². The summed E-state index contributed by atoms with van der Waals surface area (Å²) in [5, 5.41) is 0. The topological polar surface area (TPSA) is 26.3 Å². The molecule has 1 aliphatic rings. The van der Waals surface area contributed by atoms with Crippen molar-refractivity contribution in [3.63, 3.8) is 0 Å². The van der Waals surface area contributed by atoms with Crippen LogP contribution in [0.3, 0.4) is 0 Å². The van der Waals surface area contributed by atoms with Gasteiger partial charge in [-0.15, -0.1) is 6.58 Å². The Hall–Kier alpha value is -1.57. The molecule has 2 heteroatoms. The predicted molar refractivity (Wildman–Crippen MR) is 54.4 cm³/mol. The van der Waals surface area contributed by atoms with Gasteiger partial charge in [0, 0.05) is 12.8 Å². The summed E-state index contributed by atoms with van der Waals surface area (Å²) >= 11 is 0. The minimum atomic E-state index is -0.301. The Balaban J connectivity index is 2.11. The molecule has 0 amide bonds. The molecule has 1 atom stereocenters. The van der Waals surface area contributed by atoms with Crippen molar-refractivity contribution in [2.75, 3.05) is 0 Å². The molecule has 1 aromatic rings. The summed E-state index contributed by atoms with van der Waals surface area (Å²) in [6, 6.07) is 7.77. The lowest BCUT2D eigenvalue weighted by Gasteiger charge is -2.06. The monoisotopic (exact) mass is 188 g/mol. The van der Waals surface area contributed by atoms with E-state index in [1.54, 1.807) is 6.08 Å². The fourth-order valence-corrected chi connectivity index (χ4v) is 1.64. The molecule has 0 spiro atoms. The van der Waals surface area contributed by atoms with Gasteiger partial charge < -0.3 is 4.74 Å². The Bertz CT molecular complexity index is 343. The van der Waals surface area contributed by atoms with E-state index >= 15 is 0 Å². The van der Waals surface area contributed by atoms with Crippen LogP contribution < -0.4 is 4.74 Å². The number of allylic oxidation sites excluding steroid dienone is 1. The fourth-order valence-electron chi connectivity index (χ4n) is 1.64. The number of para-hydroxylation sites is 1. The highest BCUT2D eigenvalue weighted by Gasteiger charge is 2.27. The van der Waals surface area contributed by atoms with Gasteiger partial charge in [0.15, 0.2) is 11.9 Å². The van der Waals surface area contributed by atoms with Crippen molar-refractivity contribution in [1.82, 2.24) is 0 Å². The minimum Gasteiger partial charge on any atom is -0.482 e. The van der Waals surface area contributed by atoms with Crippen molar-refractivity contribution >= 4 is 5.78 Å². The van der Waals surface area contributed by atoms with Gasteiger partial charge in [-0.05, 0) is 11.6 Å². The summed E-state index contributed by atoms with van der Waals surface area (Å²) in [4.78, 5) is 11.5. The number of benzene rings is 1. The van der Waals surface area contributed by atoms with Crippen LogP contribution in [0.15, 0.2) is 36.9 Å². The lowest BCUT2D eigenvalue weighted by Crippen LogP contribution is -2.24. The molecule has 1 unspecified atom stereocenters. The molecule has 0 saturated carbocycles. The number of hydrogen-bond donors (Lipinski definition) is 0. The number of carbonyl (C=O) groups is 1. The molecular weight excluding hydrogens is 176 g/mol. The predicted octanol–water partition coefficient (Wildman–Crippen LogP) is 2.14. The van der Waals surface area contributed by atoms with Gasteiger partial charge in [-0.1, -0.05) is 24.3 Å². The average Bonchev–Trinajstić information content (AvgIpc) is 2.61. The Morgan fingerprint density at radius 3 is 3.07 bits per heavy atom. The maximum atomic E-state index is 11.5. The van der Waals surface area contributed by atoms with Crippen LogP contribution in [0.25, 0.3) is 0 Å². The minimum absolute atomic E-state index is 0.108. The van der Waals surface area contributed by atoms with E-state index in [-0.39, 0.29) is 11.9 Å². The van der Waals surface area contributed by atoms with E-state index in [4.69, 9.17) is 4.74 Å². The summed E-state index contributed by atoms with van der Waals surface area (Å²) in [6.45, 7) is 3.54. The van der Waals surface area contributed by atoms with Gasteiger partial charge in [-0.25, -0.2) is 0 Å². The molecule has 2 rings (SSSR count). The molecule has 0 fully saturated rings. The van der Waals surface area contributed by atoms with Gasteiger partial charge in [0.25, 0.3) is 0 Å². The van der Waals surface area contributed by atoms with Crippen LogP contribution in [-0.2, 0) is 11.2 Å². The first-order chi connectivity index (χ1) is 6.81. The molecule has 0 bridgehead atoms. The molecule has 0 saturated heterocycles. The molecule has 0 radical (unpaired) electrons. The van der Waals surface area contributed by atoms with Crippen molar-refractivity contribution in [3.05, 3.63) is 42.5 Å². The number of carbonyl (C=O) groups excluding carboxylic acids is 1. The van der Waals surface area contributed by atoms with Crippen LogP contribution >= 0.6 is 0 Å². The maximum Gasteiger partial charge on any atom is 0.177 e. The van der Waals surface area contributed by atoms with Crippen molar-refractivity contribution in [2.45, 2.75) is 18.9 Å². The number of fused-ring (bicyclic) bond motifs is 1. The summed E-state index contributed by atoms with van der Waals surface area (Å²) in [5.41, 5.74) is 1.12.